The van der Waals surface area contributed by atoms with Gasteiger partial charge in [0.15, 0.2) is 0 Å². The lowest BCUT2D eigenvalue weighted by molar-refractivity contribution is 0.0548. The van der Waals surface area contributed by atoms with E-state index in [-0.39, 0.29) is 27.7 Å². The summed E-state index contributed by atoms with van der Waals surface area (Å²) < 4.78 is 34.5. The number of nitrogens with one attached hydrogen (secondary N) is 1. The molecule has 2 aliphatic carbocycles. The fourth-order valence-electron chi connectivity index (χ4n) is 7.76. The average Bonchev–Trinajstić information content (AvgIpc) is 3.50. The third kappa shape index (κ3) is 6.35. The van der Waals surface area contributed by atoms with E-state index in [0.29, 0.717) is 25.3 Å². The van der Waals surface area contributed by atoms with Gasteiger partial charge >= 0.3 is 0 Å². The molecule has 2 saturated heterocycles. The second kappa shape index (κ2) is 11.7. The van der Waals surface area contributed by atoms with E-state index in [9.17, 15) is 13.2 Å². The van der Waals surface area contributed by atoms with Gasteiger partial charge in [-0.15, -0.1) is 0 Å². The Balaban J connectivity index is 1.15. The third-order valence-electron chi connectivity index (χ3n) is 9.22. The first kappa shape index (κ1) is 29.8. The first-order valence-corrected chi connectivity index (χ1v) is 16.7. The summed E-state index contributed by atoms with van der Waals surface area (Å²) in [6.07, 6.45) is 8.52. The normalized spacial score (nSPS) is 26.9. The minimum atomic E-state index is -3.65. The van der Waals surface area contributed by atoms with Crippen molar-refractivity contribution in [2.45, 2.75) is 63.8 Å². The number of hydrogen-bond acceptors (Lipinski definition) is 6. The van der Waals surface area contributed by atoms with Gasteiger partial charge < -0.3 is 9.64 Å². The van der Waals surface area contributed by atoms with Gasteiger partial charge in [-0.1, -0.05) is 51.1 Å². The lowest BCUT2D eigenvalue weighted by Crippen LogP contribution is -2.37. The van der Waals surface area contributed by atoms with Gasteiger partial charge in [0, 0.05) is 36.9 Å². The van der Waals surface area contributed by atoms with Crippen molar-refractivity contribution >= 4 is 28.2 Å². The third-order valence-corrected chi connectivity index (χ3v) is 11.1. The Hall–Kier alpha value is -3.27. The topological polar surface area (TPSA) is 91.3 Å². The molecule has 1 saturated carbocycles. The lowest BCUT2D eigenvalue weighted by Gasteiger charge is -2.39. The molecule has 4 aliphatic rings. The molecule has 2 heterocycles. The van der Waals surface area contributed by atoms with Gasteiger partial charge in [-0.3, -0.25) is 4.79 Å². The van der Waals surface area contributed by atoms with Crippen molar-refractivity contribution in [3.05, 3.63) is 82.6 Å². The highest BCUT2D eigenvalue weighted by Crippen LogP contribution is 2.53. The average molecular weight is 603 g/mol. The van der Waals surface area contributed by atoms with Crippen LogP contribution >= 0.6 is 0 Å². The summed E-state index contributed by atoms with van der Waals surface area (Å²) in [5, 5.41) is 4.31. The molecule has 0 radical (unpaired) electrons. The maximum absolute atomic E-state index is 13.6. The Bertz CT molecular complexity index is 1560. The molecular formula is C34H42N4O4S. The van der Waals surface area contributed by atoms with Crippen LogP contribution in [0.15, 0.2) is 81.4 Å². The smallest absolute Gasteiger partial charge is 0.271 e. The zero-order valence-electron chi connectivity index (χ0n) is 25.4. The van der Waals surface area contributed by atoms with Crippen LogP contribution in [0.3, 0.4) is 0 Å². The number of rotatable bonds is 7. The van der Waals surface area contributed by atoms with Crippen LogP contribution in [0.25, 0.3) is 6.08 Å². The van der Waals surface area contributed by atoms with Crippen LogP contribution in [0.1, 0.15) is 68.8 Å². The molecule has 2 aliphatic heterocycles. The number of carbonyl (C=O) groups excluding carboxylic acids is 1. The van der Waals surface area contributed by atoms with E-state index >= 15 is 0 Å². The highest BCUT2D eigenvalue weighted by molar-refractivity contribution is 7.89. The van der Waals surface area contributed by atoms with E-state index in [1.54, 1.807) is 34.8 Å². The summed E-state index contributed by atoms with van der Waals surface area (Å²) >= 11 is 0. The molecule has 2 bridgehead atoms. The standard InChI is InChI=1S/C34H42N4O4S/c1-33(2)20-29-21-34(3,23-33)24-38(29)43(40,41)30-13-11-26(12-14-30)32(39)36-35-22-28-10-9-27(19-25-7-5-4-6-8-25)31(28)37-15-17-42-18-16-37/h4-8,11-14,19,22,29H,9-10,15-18,20-21,23-24H2,1-3H3,(H,36,39)/b27-19+,35-22+. The molecule has 0 aromatic heterocycles. The van der Waals surface area contributed by atoms with Crippen LogP contribution < -0.4 is 5.43 Å². The number of carbonyl (C=O) groups is 1. The molecular weight excluding hydrogens is 560 g/mol. The van der Waals surface area contributed by atoms with Gasteiger partial charge in [0.2, 0.25) is 10.0 Å². The van der Waals surface area contributed by atoms with E-state index in [4.69, 9.17) is 4.74 Å². The lowest BCUT2D eigenvalue weighted by atomic mass is 9.65. The van der Waals surface area contributed by atoms with E-state index in [1.807, 2.05) is 18.2 Å². The van der Waals surface area contributed by atoms with E-state index in [0.717, 1.165) is 56.3 Å². The number of morpholine rings is 1. The molecule has 8 nitrogen and oxygen atoms in total. The number of nitrogens with zero attached hydrogens (tertiary/aromatic N) is 3. The summed E-state index contributed by atoms with van der Waals surface area (Å²) in [4.78, 5) is 15.5. The van der Waals surface area contributed by atoms with Crippen LogP contribution in [0.5, 0.6) is 0 Å². The van der Waals surface area contributed by atoms with Crippen molar-refractivity contribution in [2.24, 2.45) is 15.9 Å². The Labute approximate surface area is 255 Å². The molecule has 43 heavy (non-hydrogen) atoms. The van der Waals surface area contributed by atoms with Crippen LogP contribution in [0.4, 0.5) is 0 Å². The molecule has 2 unspecified atom stereocenters. The van der Waals surface area contributed by atoms with Gasteiger partial charge in [0.1, 0.15) is 0 Å². The number of hydrogen-bond donors (Lipinski definition) is 1. The SMILES string of the molecule is CC1(C)CC2CC(C)(CN2S(=O)(=O)c2ccc(C(=O)N/N=C/C3=C(N4CCOCC4)C(=C/c4ccccc4)/CC3)cc2)C1. The van der Waals surface area contributed by atoms with Crippen molar-refractivity contribution < 1.29 is 17.9 Å². The molecule has 3 fully saturated rings. The number of fused-ring (bicyclic) bond motifs is 2. The molecule has 1 N–H and O–H groups in total. The fourth-order valence-corrected chi connectivity index (χ4v) is 9.53. The predicted molar refractivity (Wildman–Crippen MR) is 169 cm³/mol. The van der Waals surface area contributed by atoms with Crippen LogP contribution in [0.2, 0.25) is 0 Å². The molecule has 9 heteroatoms. The van der Waals surface area contributed by atoms with Gasteiger partial charge in [0.05, 0.1) is 24.3 Å². The van der Waals surface area contributed by atoms with Crippen LogP contribution in [0, 0.1) is 10.8 Å². The van der Waals surface area contributed by atoms with Crippen molar-refractivity contribution in [1.29, 1.82) is 0 Å². The fraction of sp³-hybridized carbons (Fsp3) is 0.471. The monoisotopic (exact) mass is 602 g/mol. The van der Waals surface area contributed by atoms with Gasteiger partial charge in [-0.2, -0.15) is 9.41 Å². The second-order valence-corrected chi connectivity index (χ2v) is 15.4. The van der Waals surface area contributed by atoms with Crippen molar-refractivity contribution in [3.63, 3.8) is 0 Å². The van der Waals surface area contributed by atoms with Gasteiger partial charge in [-0.05, 0) is 90.0 Å². The highest BCUT2D eigenvalue weighted by Gasteiger charge is 2.53. The van der Waals surface area contributed by atoms with E-state index in [1.165, 1.54) is 11.3 Å². The summed E-state index contributed by atoms with van der Waals surface area (Å²) in [5.41, 5.74) is 7.81. The zero-order valence-corrected chi connectivity index (χ0v) is 26.2. The van der Waals surface area contributed by atoms with Gasteiger partial charge in [0.25, 0.3) is 5.91 Å². The second-order valence-electron chi connectivity index (χ2n) is 13.5. The Morgan fingerprint density at radius 3 is 2.44 bits per heavy atom. The molecule has 2 aromatic rings. The minimum absolute atomic E-state index is 0.00577. The Morgan fingerprint density at radius 1 is 1.00 bits per heavy atom. The summed E-state index contributed by atoms with van der Waals surface area (Å²) in [6.45, 7) is 10.2. The molecule has 2 aromatic carbocycles. The molecule has 6 rings (SSSR count). The molecule has 0 spiro atoms. The first-order valence-electron chi connectivity index (χ1n) is 15.3. The van der Waals surface area contributed by atoms with Crippen molar-refractivity contribution in [1.82, 2.24) is 14.6 Å². The number of benzene rings is 2. The van der Waals surface area contributed by atoms with Crippen LogP contribution in [-0.2, 0) is 14.8 Å². The number of hydrazone groups is 1. The zero-order chi connectivity index (χ0) is 30.2. The Morgan fingerprint density at radius 2 is 1.72 bits per heavy atom. The largest absolute Gasteiger partial charge is 0.378 e. The molecule has 2 atom stereocenters. The molecule has 1 amide bonds. The maximum atomic E-state index is 13.6. The summed E-state index contributed by atoms with van der Waals surface area (Å²) in [5.74, 6) is -0.377. The van der Waals surface area contributed by atoms with E-state index < -0.39 is 10.0 Å². The highest BCUT2D eigenvalue weighted by atomic mass is 32.2. The maximum Gasteiger partial charge on any atom is 0.271 e. The van der Waals surface area contributed by atoms with Gasteiger partial charge in [-0.25, -0.2) is 13.8 Å². The van der Waals surface area contributed by atoms with E-state index in [2.05, 4.69) is 54.4 Å². The van der Waals surface area contributed by atoms with Crippen LogP contribution in [-0.4, -0.2) is 68.6 Å². The molecule has 228 valence electrons. The summed E-state index contributed by atoms with van der Waals surface area (Å²) in [7, 11) is -3.65. The first-order chi connectivity index (χ1) is 20.5. The number of amides is 1. The number of allylic oxidation sites excluding steroid dienone is 2. The number of ether oxygens (including phenoxy) is 1. The Kier molecular flexibility index (Phi) is 8.08. The summed E-state index contributed by atoms with van der Waals surface area (Å²) in [6, 6.07) is 16.5. The predicted octanol–water partition coefficient (Wildman–Crippen LogP) is 5.46. The number of sulfonamides is 1. The quantitative estimate of drug-likeness (QED) is 0.336. The minimum Gasteiger partial charge on any atom is -0.378 e. The van der Waals surface area contributed by atoms with Crippen molar-refractivity contribution in [2.75, 3.05) is 32.8 Å². The van der Waals surface area contributed by atoms with Crippen molar-refractivity contribution in [3.8, 4) is 0 Å².